The number of amides is 1. The van der Waals surface area contributed by atoms with E-state index in [2.05, 4.69) is 4.74 Å². The monoisotopic (exact) mass is 383 g/mol. The maximum absolute atomic E-state index is 13.3. The molecule has 1 aliphatic rings. The van der Waals surface area contributed by atoms with Crippen molar-refractivity contribution in [2.24, 2.45) is 0 Å². The molecule has 1 saturated heterocycles. The van der Waals surface area contributed by atoms with E-state index >= 15 is 0 Å². The molecule has 0 atom stereocenters. The van der Waals surface area contributed by atoms with E-state index < -0.39 is 40.7 Å². The molecule has 26 heavy (non-hydrogen) atoms. The van der Waals surface area contributed by atoms with E-state index in [1.165, 1.54) is 4.90 Å². The van der Waals surface area contributed by atoms with Gasteiger partial charge in [0, 0.05) is 19.2 Å². The van der Waals surface area contributed by atoms with Crippen LogP contribution < -0.4 is 4.74 Å². The summed E-state index contributed by atoms with van der Waals surface area (Å²) < 4.78 is 89.1. The van der Waals surface area contributed by atoms with E-state index in [4.69, 9.17) is 4.74 Å². The van der Waals surface area contributed by atoms with E-state index in [0.29, 0.717) is 0 Å². The highest BCUT2D eigenvalue weighted by Crippen LogP contribution is 2.46. The highest BCUT2D eigenvalue weighted by atomic mass is 19.4. The standard InChI is InChI=1S/C16H15F6NO3/c1-25-11-4-2-10(3-5-12(24)23-6-8-26-9-7-23)13(15(17,18)19)14(11)16(20,21)22/h2-5H,6-9H2,1H3/b5-3+. The average molecular weight is 383 g/mol. The molecule has 0 unspecified atom stereocenters. The van der Waals surface area contributed by atoms with Gasteiger partial charge < -0.3 is 14.4 Å². The predicted molar refractivity (Wildman–Crippen MR) is 79.4 cm³/mol. The molecule has 0 saturated carbocycles. The average Bonchev–Trinajstić information content (AvgIpc) is 2.57. The van der Waals surface area contributed by atoms with Gasteiger partial charge in [0.1, 0.15) is 11.3 Å². The largest absolute Gasteiger partial charge is 0.496 e. The summed E-state index contributed by atoms with van der Waals surface area (Å²) in [6, 6.07) is 1.62. The lowest BCUT2D eigenvalue weighted by Crippen LogP contribution is -2.39. The first-order chi connectivity index (χ1) is 12.1. The number of methoxy groups -OCH3 is 1. The van der Waals surface area contributed by atoms with Crippen molar-refractivity contribution in [3.63, 3.8) is 0 Å². The van der Waals surface area contributed by atoms with Crippen LogP contribution in [0.2, 0.25) is 0 Å². The number of ether oxygens (including phenoxy) is 2. The van der Waals surface area contributed by atoms with Crippen molar-refractivity contribution in [2.75, 3.05) is 33.4 Å². The molecule has 4 nitrogen and oxygen atoms in total. The number of carbonyl (C=O) groups excluding carboxylic acids is 1. The normalized spacial score (nSPS) is 16.2. The van der Waals surface area contributed by atoms with Crippen LogP contribution in [0.1, 0.15) is 16.7 Å². The van der Waals surface area contributed by atoms with Crippen LogP contribution in [0.25, 0.3) is 6.08 Å². The molecule has 1 fully saturated rings. The number of halogens is 6. The second-order valence-electron chi connectivity index (χ2n) is 5.37. The van der Waals surface area contributed by atoms with Gasteiger partial charge in [-0.1, -0.05) is 6.07 Å². The Morgan fingerprint density at radius 1 is 1.08 bits per heavy atom. The number of carbonyl (C=O) groups is 1. The lowest BCUT2D eigenvalue weighted by Gasteiger charge is -2.25. The lowest BCUT2D eigenvalue weighted by atomic mass is 9.98. The fourth-order valence-corrected chi connectivity index (χ4v) is 2.55. The molecule has 1 amide bonds. The second-order valence-corrected chi connectivity index (χ2v) is 5.37. The first-order valence-electron chi connectivity index (χ1n) is 7.46. The fraction of sp³-hybridized carbons (Fsp3) is 0.438. The van der Waals surface area contributed by atoms with Gasteiger partial charge in [-0.3, -0.25) is 4.79 Å². The summed E-state index contributed by atoms with van der Waals surface area (Å²) in [4.78, 5) is 13.3. The molecular weight excluding hydrogens is 368 g/mol. The first kappa shape index (κ1) is 20.1. The van der Waals surface area contributed by atoms with Gasteiger partial charge in [-0.25, -0.2) is 0 Å². The smallest absolute Gasteiger partial charge is 0.420 e. The number of nitrogens with zero attached hydrogens (tertiary/aromatic N) is 1. The number of hydrogen-bond acceptors (Lipinski definition) is 3. The summed E-state index contributed by atoms with van der Waals surface area (Å²) >= 11 is 0. The molecule has 2 rings (SSSR count). The van der Waals surface area contributed by atoms with Crippen LogP contribution in [0.5, 0.6) is 5.75 Å². The van der Waals surface area contributed by atoms with Crippen LogP contribution in [0.3, 0.4) is 0 Å². The summed E-state index contributed by atoms with van der Waals surface area (Å²) in [6.45, 7) is 1.08. The first-order valence-corrected chi connectivity index (χ1v) is 7.46. The van der Waals surface area contributed by atoms with Crippen molar-refractivity contribution < 1.29 is 40.6 Å². The van der Waals surface area contributed by atoms with Gasteiger partial charge in [0.05, 0.1) is 25.9 Å². The minimum absolute atomic E-state index is 0.256. The highest BCUT2D eigenvalue weighted by Gasteiger charge is 2.47. The van der Waals surface area contributed by atoms with Crippen molar-refractivity contribution >= 4 is 12.0 Å². The molecule has 10 heteroatoms. The third kappa shape index (κ3) is 4.48. The Morgan fingerprint density at radius 2 is 1.65 bits per heavy atom. The van der Waals surface area contributed by atoms with Crippen molar-refractivity contribution in [1.29, 1.82) is 0 Å². The molecule has 1 aliphatic heterocycles. The van der Waals surface area contributed by atoms with Crippen LogP contribution in [0.15, 0.2) is 18.2 Å². The van der Waals surface area contributed by atoms with Crippen LogP contribution in [0, 0.1) is 0 Å². The number of morpholine rings is 1. The lowest BCUT2D eigenvalue weighted by molar-refractivity contribution is -0.163. The minimum Gasteiger partial charge on any atom is -0.496 e. The number of rotatable bonds is 3. The molecule has 0 bridgehead atoms. The Hall–Kier alpha value is -2.23. The van der Waals surface area contributed by atoms with Crippen molar-refractivity contribution in [1.82, 2.24) is 4.90 Å². The second kappa shape index (κ2) is 7.56. The fourth-order valence-electron chi connectivity index (χ4n) is 2.55. The Balaban J connectivity index is 2.48. The molecule has 144 valence electrons. The van der Waals surface area contributed by atoms with Crippen molar-refractivity contribution in [3.05, 3.63) is 34.9 Å². The van der Waals surface area contributed by atoms with Crippen molar-refractivity contribution in [3.8, 4) is 5.75 Å². The molecule has 1 aromatic rings. The summed E-state index contributed by atoms with van der Waals surface area (Å²) in [5, 5.41) is 0. The van der Waals surface area contributed by atoms with Crippen LogP contribution in [0.4, 0.5) is 26.3 Å². The quantitative estimate of drug-likeness (QED) is 0.591. The highest BCUT2D eigenvalue weighted by molar-refractivity contribution is 5.92. The summed E-state index contributed by atoms with van der Waals surface area (Å²) in [6.07, 6.45) is -9.02. The zero-order valence-corrected chi connectivity index (χ0v) is 13.6. The van der Waals surface area contributed by atoms with Gasteiger partial charge >= 0.3 is 12.4 Å². The molecular formula is C16H15F6NO3. The summed E-state index contributed by atoms with van der Waals surface area (Å²) in [5.41, 5.74) is -4.59. The molecule has 0 N–H and O–H groups in total. The molecule has 0 radical (unpaired) electrons. The molecule has 0 aliphatic carbocycles. The Bertz CT molecular complexity index is 690. The number of benzene rings is 1. The molecule has 1 heterocycles. The van der Waals surface area contributed by atoms with Crippen LogP contribution in [-0.4, -0.2) is 44.2 Å². The Labute approximate surface area is 145 Å². The van der Waals surface area contributed by atoms with Gasteiger partial charge in [-0.05, 0) is 17.7 Å². The molecule has 0 aromatic heterocycles. The van der Waals surface area contributed by atoms with Crippen molar-refractivity contribution in [2.45, 2.75) is 12.4 Å². The number of alkyl halides is 6. The third-order valence-corrected chi connectivity index (χ3v) is 3.71. The van der Waals surface area contributed by atoms with Gasteiger partial charge in [0.15, 0.2) is 0 Å². The van der Waals surface area contributed by atoms with E-state index in [9.17, 15) is 31.1 Å². The van der Waals surface area contributed by atoms with Gasteiger partial charge in [0.25, 0.3) is 0 Å². The third-order valence-electron chi connectivity index (χ3n) is 3.71. The Morgan fingerprint density at radius 3 is 2.15 bits per heavy atom. The maximum atomic E-state index is 13.3. The van der Waals surface area contributed by atoms with Crippen LogP contribution in [-0.2, 0) is 21.9 Å². The SMILES string of the molecule is COc1ccc(/C=C/C(=O)N2CCOCC2)c(C(F)(F)F)c1C(F)(F)F. The topological polar surface area (TPSA) is 38.8 Å². The Kier molecular flexibility index (Phi) is 5.84. The van der Waals surface area contributed by atoms with E-state index in [1.54, 1.807) is 0 Å². The van der Waals surface area contributed by atoms with Gasteiger partial charge in [-0.2, -0.15) is 26.3 Å². The van der Waals surface area contributed by atoms with E-state index in [-0.39, 0.29) is 26.3 Å². The summed E-state index contributed by atoms with van der Waals surface area (Å²) in [7, 11) is 0.849. The van der Waals surface area contributed by atoms with E-state index in [1.807, 2.05) is 0 Å². The minimum atomic E-state index is -5.29. The van der Waals surface area contributed by atoms with Crippen LogP contribution >= 0.6 is 0 Å². The zero-order valence-electron chi connectivity index (χ0n) is 13.6. The molecule has 0 spiro atoms. The maximum Gasteiger partial charge on any atom is 0.420 e. The summed E-state index contributed by atoms with van der Waals surface area (Å²) in [5.74, 6) is -1.55. The zero-order chi connectivity index (χ0) is 19.5. The predicted octanol–water partition coefficient (Wildman–Crippen LogP) is 3.60. The number of hydrogen-bond donors (Lipinski definition) is 0. The molecule has 1 aromatic carbocycles. The van der Waals surface area contributed by atoms with E-state index in [0.717, 1.165) is 31.4 Å². The van der Waals surface area contributed by atoms with Gasteiger partial charge in [-0.15, -0.1) is 0 Å². The van der Waals surface area contributed by atoms with Gasteiger partial charge in [0.2, 0.25) is 5.91 Å².